The van der Waals surface area contributed by atoms with Gasteiger partial charge in [0.25, 0.3) is 0 Å². The number of ether oxygens (including phenoxy) is 1. The van der Waals surface area contributed by atoms with Crippen molar-refractivity contribution in [3.63, 3.8) is 0 Å². The van der Waals surface area contributed by atoms with E-state index in [9.17, 15) is 5.11 Å². The highest BCUT2D eigenvalue weighted by atomic mass is 32.1. The smallest absolute Gasteiger partial charge is 0.220 e. The first-order valence-electron chi connectivity index (χ1n) is 9.32. The second-order valence-electron chi connectivity index (χ2n) is 6.59. The van der Waals surface area contributed by atoms with Crippen molar-refractivity contribution in [2.45, 2.75) is 32.3 Å². The van der Waals surface area contributed by atoms with Crippen LogP contribution in [0.4, 0.5) is 5.13 Å². The normalized spacial score (nSPS) is 15.9. The van der Waals surface area contributed by atoms with Gasteiger partial charge >= 0.3 is 0 Å². The van der Waals surface area contributed by atoms with E-state index in [0.29, 0.717) is 17.2 Å². The maximum Gasteiger partial charge on any atom is 0.220 e. The van der Waals surface area contributed by atoms with Crippen molar-refractivity contribution in [3.05, 3.63) is 35.2 Å². The number of nitrogens with zero attached hydrogens (tertiary/aromatic N) is 3. The molecule has 0 saturated carbocycles. The molecule has 0 bridgehead atoms. The molecule has 142 valence electrons. The lowest BCUT2D eigenvalue weighted by atomic mass is 10.2. The van der Waals surface area contributed by atoms with E-state index in [2.05, 4.69) is 14.9 Å². The number of aromatic nitrogens is 2. The van der Waals surface area contributed by atoms with Crippen LogP contribution in [0.3, 0.4) is 0 Å². The molecule has 0 aliphatic carbocycles. The Morgan fingerprint density at radius 2 is 2.19 bits per heavy atom. The summed E-state index contributed by atoms with van der Waals surface area (Å²) in [5.41, 5.74) is 1.45. The summed E-state index contributed by atoms with van der Waals surface area (Å²) in [6, 6.07) is 5.53. The Bertz CT molecular complexity index is 924. The van der Waals surface area contributed by atoms with Gasteiger partial charge < -0.3 is 19.2 Å². The molecule has 27 heavy (non-hydrogen) atoms. The molecular formula is C20H23N3O3S. The molecule has 3 heterocycles. The van der Waals surface area contributed by atoms with E-state index in [0.717, 1.165) is 35.0 Å². The lowest BCUT2D eigenvalue weighted by molar-refractivity contribution is 0.112. The molecule has 0 amide bonds. The Hall–Kier alpha value is -2.38. The molecule has 2 aromatic heterocycles. The van der Waals surface area contributed by atoms with E-state index in [1.807, 2.05) is 43.5 Å². The van der Waals surface area contributed by atoms with E-state index in [-0.39, 0.29) is 12.7 Å². The van der Waals surface area contributed by atoms with E-state index >= 15 is 0 Å². The van der Waals surface area contributed by atoms with Crippen molar-refractivity contribution >= 4 is 39.7 Å². The molecule has 7 heteroatoms. The van der Waals surface area contributed by atoms with Gasteiger partial charge in [-0.15, -0.1) is 0 Å². The van der Waals surface area contributed by atoms with Crippen LogP contribution in [-0.2, 0) is 0 Å². The number of benzene rings is 1. The van der Waals surface area contributed by atoms with Gasteiger partial charge in [0.1, 0.15) is 17.4 Å². The van der Waals surface area contributed by atoms with Crippen molar-refractivity contribution in [2.24, 2.45) is 0 Å². The third kappa shape index (κ3) is 4.14. The van der Waals surface area contributed by atoms with Crippen molar-refractivity contribution in [2.75, 3.05) is 24.6 Å². The number of anilines is 1. The number of aliphatic hydroxyl groups is 1. The van der Waals surface area contributed by atoms with Crippen LogP contribution in [-0.4, -0.2) is 40.9 Å². The van der Waals surface area contributed by atoms with Crippen LogP contribution in [0.2, 0.25) is 0 Å². The predicted molar refractivity (Wildman–Crippen MR) is 108 cm³/mol. The van der Waals surface area contributed by atoms with Gasteiger partial charge in [-0.3, -0.25) is 0 Å². The molecule has 1 saturated heterocycles. The lowest BCUT2D eigenvalue weighted by Crippen LogP contribution is -2.19. The van der Waals surface area contributed by atoms with Gasteiger partial charge in [-0.2, -0.15) is 0 Å². The fourth-order valence-electron chi connectivity index (χ4n) is 3.07. The molecule has 0 spiro atoms. The molecule has 1 fully saturated rings. The number of aliphatic hydroxyl groups excluding tert-OH is 1. The molecule has 0 radical (unpaired) electrons. The summed E-state index contributed by atoms with van der Waals surface area (Å²) in [5.74, 6) is 1.22. The fraction of sp³-hybridized carbons (Fsp3) is 0.400. The third-order valence-electron chi connectivity index (χ3n) is 4.62. The molecule has 1 N–H and O–H groups in total. The van der Waals surface area contributed by atoms with Crippen LogP contribution in [0.1, 0.15) is 37.0 Å². The number of thiazole rings is 1. The van der Waals surface area contributed by atoms with Crippen LogP contribution in [0.5, 0.6) is 5.75 Å². The average Bonchev–Trinajstić information content (AvgIpc) is 3.43. The van der Waals surface area contributed by atoms with E-state index in [1.165, 1.54) is 12.8 Å². The minimum atomic E-state index is -0.208. The van der Waals surface area contributed by atoms with E-state index in [1.54, 1.807) is 11.3 Å². The second kappa shape index (κ2) is 8.10. The minimum absolute atomic E-state index is 0.00675. The van der Waals surface area contributed by atoms with Crippen molar-refractivity contribution in [3.8, 4) is 5.75 Å². The monoisotopic (exact) mass is 385 g/mol. The molecule has 1 atom stereocenters. The first-order chi connectivity index (χ1) is 13.2. The zero-order valence-corrected chi connectivity index (χ0v) is 16.1. The van der Waals surface area contributed by atoms with Gasteiger partial charge in [0.15, 0.2) is 10.7 Å². The number of hydrogen-bond acceptors (Lipinski definition) is 7. The summed E-state index contributed by atoms with van der Waals surface area (Å²) in [4.78, 5) is 12.4. The third-order valence-corrected chi connectivity index (χ3v) is 5.64. The maximum absolute atomic E-state index is 9.28. The van der Waals surface area contributed by atoms with Gasteiger partial charge in [-0.25, -0.2) is 9.97 Å². The average molecular weight is 385 g/mol. The quantitative estimate of drug-likeness (QED) is 0.657. The first-order valence-corrected chi connectivity index (χ1v) is 10.1. The van der Waals surface area contributed by atoms with Crippen LogP contribution in [0.25, 0.3) is 23.3 Å². The number of rotatable bonds is 7. The summed E-state index contributed by atoms with van der Waals surface area (Å²) in [6.07, 6.45) is 8.77. The van der Waals surface area contributed by atoms with Crippen LogP contribution >= 0.6 is 11.3 Å². The summed E-state index contributed by atoms with van der Waals surface area (Å²) in [5, 5.41) is 10.4. The fourth-order valence-corrected chi connectivity index (χ4v) is 3.94. The van der Waals surface area contributed by atoms with Crippen molar-refractivity contribution in [1.29, 1.82) is 0 Å². The highest BCUT2D eigenvalue weighted by Gasteiger charge is 2.15. The molecule has 1 aliphatic rings. The first kappa shape index (κ1) is 18.0. The molecule has 1 aromatic carbocycles. The van der Waals surface area contributed by atoms with Gasteiger partial charge in [-0.1, -0.05) is 18.3 Å². The van der Waals surface area contributed by atoms with Gasteiger partial charge in [0.05, 0.1) is 6.61 Å². The Morgan fingerprint density at radius 3 is 2.96 bits per heavy atom. The molecule has 6 nitrogen and oxygen atoms in total. The van der Waals surface area contributed by atoms with Crippen molar-refractivity contribution < 1.29 is 14.3 Å². The summed E-state index contributed by atoms with van der Waals surface area (Å²) in [6.45, 7) is 4.17. The van der Waals surface area contributed by atoms with E-state index in [4.69, 9.17) is 9.15 Å². The topological polar surface area (TPSA) is 71.6 Å². The SMILES string of the molecule is CCC(CO)Oc1ccc2nc(/C=C/c3cnc(N4CCCC4)s3)oc2c1. The Kier molecular flexibility index (Phi) is 5.40. The summed E-state index contributed by atoms with van der Waals surface area (Å²) >= 11 is 1.69. The zero-order valence-electron chi connectivity index (χ0n) is 15.3. The largest absolute Gasteiger partial charge is 0.488 e. The highest BCUT2D eigenvalue weighted by molar-refractivity contribution is 7.16. The van der Waals surface area contributed by atoms with Crippen LogP contribution in [0.15, 0.2) is 28.8 Å². The summed E-state index contributed by atoms with van der Waals surface area (Å²) in [7, 11) is 0. The zero-order chi connectivity index (χ0) is 18.6. The minimum Gasteiger partial charge on any atom is -0.488 e. The van der Waals surface area contributed by atoms with Gasteiger partial charge in [-0.05, 0) is 37.5 Å². The second-order valence-corrected chi connectivity index (χ2v) is 7.63. The van der Waals surface area contributed by atoms with E-state index < -0.39 is 0 Å². The number of hydrogen-bond donors (Lipinski definition) is 1. The molecule has 1 unspecified atom stereocenters. The molecule has 1 aliphatic heterocycles. The summed E-state index contributed by atoms with van der Waals surface area (Å²) < 4.78 is 11.6. The standard InChI is InChI=1S/C20H23N3O3S/c1-2-14(13-24)25-15-5-7-17-18(11-15)26-19(22-17)8-6-16-12-21-20(27-16)23-9-3-4-10-23/h5-8,11-12,14,24H,2-4,9-10,13H2,1H3/b8-6+. The highest BCUT2D eigenvalue weighted by Crippen LogP contribution is 2.28. The Morgan fingerprint density at radius 1 is 1.33 bits per heavy atom. The van der Waals surface area contributed by atoms with Crippen molar-refractivity contribution in [1.82, 2.24) is 9.97 Å². The van der Waals surface area contributed by atoms with Crippen LogP contribution < -0.4 is 9.64 Å². The lowest BCUT2D eigenvalue weighted by Gasteiger charge is -2.14. The Balaban J connectivity index is 1.48. The van der Waals surface area contributed by atoms with Gasteiger partial charge in [0.2, 0.25) is 5.89 Å². The molecule has 4 rings (SSSR count). The van der Waals surface area contributed by atoms with Crippen LogP contribution in [0, 0.1) is 0 Å². The number of fused-ring (bicyclic) bond motifs is 1. The number of oxazole rings is 1. The predicted octanol–water partition coefficient (Wildman–Crippen LogP) is 4.20. The van der Waals surface area contributed by atoms with Gasteiger partial charge in [0, 0.05) is 36.3 Å². The maximum atomic E-state index is 9.28. The Labute approximate surface area is 162 Å². The molecule has 3 aromatic rings. The molecular weight excluding hydrogens is 362 g/mol.